The van der Waals surface area contributed by atoms with Crippen molar-refractivity contribution < 1.29 is 37.9 Å². The van der Waals surface area contributed by atoms with Gasteiger partial charge >= 0.3 is 0 Å². The van der Waals surface area contributed by atoms with Crippen LogP contribution >= 0.6 is 11.6 Å². The van der Waals surface area contributed by atoms with Crippen molar-refractivity contribution in [2.24, 2.45) is 0 Å². The van der Waals surface area contributed by atoms with Gasteiger partial charge in [0.25, 0.3) is 0 Å². The summed E-state index contributed by atoms with van der Waals surface area (Å²) in [5, 5.41) is 23.9. The molecule has 0 atom stereocenters. The van der Waals surface area contributed by atoms with Gasteiger partial charge in [-0.05, 0) is 97.9 Å². The maximum Gasteiger partial charge on any atom is 0.165 e. The van der Waals surface area contributed by atoms with E-state index in [1.54, 1.807) is 57.8 Å². The number of hydrogen-bond donors (Lipinski definition) is 1. The van der Waals surface area contributed by atoms with E-state index >= 15 is 0 Å². The monoisotopic (exact) mass is 1060 g/mol. The van der Waals surface area contributed by atoms with Gasteiger partial charge in [-0.25, -0.2) is 23.9 Å². The van der Waals surface area contributed by atoms with Crippen LogP contribution in [0.4, 0.5) is 16.0 Å². The van der Waals surface area contributed by atoms with Crippen LogP contribution in [0.2, 0.25) is 5.15 Å². The van der Waals surface area contributed by atoms with Crippen LogP contribution in [0, 0.1) is 41.5 Å². The van der Waals surface area contributed by atoms with Gasteiger partial charge in [-0.1, -0.05) is 11.6 Å². The number of aliphatic hydroxyl groups excluding tert-OH is 1. The number of likely N-dealkylation sites (N-methyl/N-ethyl adjacent to an activating group) is 1. The summed E-state index contributed by atoms with van der Waals surface area (Å²) >= 11 is 6.27. The molecule has 20 heteroatoms. The fourth-order valence-electron chi connectivity index (χ4n) is 9.15. The maximum atomic E-state index is 13.0. The zero-order chi connectivity index (χ0) is 55.0. The Balaban J connectivity index is 0.000000167. The molecular formula is C56H67ClFN11O7. The maximum absolute atomic E-state index is 13.0. The average molecular weight is 1060 g/mol. The first-order chi connectivity index (χ1) is 36.6. The predicted molar refractivity (Wildman–Crippen MR) is 297 cm³/mol. The normalized spacial score (nSPS) is 11.0. The number of methoxy groups -OCH3 is 6. The van der Waals surface area contributed by atoms with Crippen molar-refractivity contribution in [2.75, 3.05) is 91.9 Å². The van der Waals surface area contributed by atoms with Crippen molar-refractivity contribution in [1.29, 1.82) is 0 Å². The smallest absolute Gasteiger partial charge is 0.165 e. The van der Waals surface area contributed by atoms with Crippen LogP contribution < -0.4 is 38.2 Å². The molecule has 0 spiro atoms. The minimum Gasteiger partial charge on any atom is -0.497 e. The number of aromatic nitrogens is 9. The molecule has 0 aliphatic heterocycles. The summed E-state index contributed by atoms with van der Waals surface area (Å²) in [4.78, 5) is 18.1. The van der Waals surface area contributed by atoms with Crippen molar-refractivity contribution in [3.63, 3.8) is 0 Å². The molecule has 6 aromatic heterocycles. The summed E-state index contributed by atoms with van der Waals surface area (Å²) in [7, 11) is 9.78. The molecule has 0 saturated carbocycles. The summed E-state index contributed by atoms with van der Waals surface area (Å²) in [5.74, 6) is 6.03. The Morgan fingerprint density at radius 3 is 1.16 bits per heavy atom. The summed E-state index contributed by atoms with van der Waals surface area (Å²) in [6.07, 6.45) is 0. The number of aryl methyl sites for hydroxylation is 6. The van der Waals surface area contributed by atoms with Gasteiger partial charge in [-0.2, -0.15) is 24.3 Å². The second kappa shape index (κ2) is 24.6. The van der Waals surface area contributed by atoms with Crippen LogP contribution in [0.5, 0.6) is 34.5 Å². The lowest BCUT2D eigenvalue weighted by molar-refractivity contribution is 0.302. The van der Waals surface area contributed by atoms with Gasteiger partial charge in [-0.15, -0.1) is 0 Å². The largest absolute Gasteiger partial charge is 0.497 e. The summed E-state index contributed by atoms with van der Waals surface area (Å²) in [5.41, 5.74) is 12.8. The van der Waals surface area contributed by atoms with Gasteiger partial charge in [0.1, 0.15) is 58.0 Å². The van der Waals surface area contributed by atoms with Gasteiger partial charge in [0, 0.05) is 90.3 Å². The van der Waals surface area contributed by atoms with E-state index < -0.39 is 6.67 Å². The van der Waals surface area contributed by atoms with Crippen molar-refractivity contribution in [3.05, 3.63) is 112 Å². The molecule has 0 radical (unpaired) electrons. The van der Waals surface area contributed by atoms with E-state index in [-0.39, 0.29) is 6.61 Å². The third-order valence-corrected chi connectivity index (χ3v) is 13.0. The molecule has 9 aromatic rings. The number of halogens is 2. The lowest BCUT2D eigenvalue weighted by Gasteiger charge is -2.22. The second-order valence-electron chi connectivity index (χ2n) is 17.6. The van der Waals surface area contributed by atoms with Crippen LogP contribution in [-0.4, -0.2) is 131 Å². The highest BCUT2D eigenvalue weighted by molar-refractivity contribution is 6.29. The summed E-state index contributed by atoms with van der Waals surface area (Å²) in [6, 6.07) is 22.8. The lowest BCUT2D eigenvalue weighted by Crippen LogP contribution is -2.28. The fraction of sp³-hybridized carbons (Fsp3) is 0.357. The van der Waals surface area contributed by atoms with E-state index in [4.69, 9.17) is 60.2 Å². The molecule has 0 aliphatic carbocycles. The number of ether oxygens (including phenoxy) is 6. The molecule has 76 heavy (non-hydrogen) atoms. The number of alkyl halides is 1. The molecule has 402 valence electrons. The Morgan fingerprint density at radius 1 is 0.487 bits per heavy atom. The van der Waals surface area contributed by atoms with Gasteiger partial charge in [0.05, 0.1) is 83.0 Å². The van der Waals surface area contributed by atoms with Crippen molar-refractivity contribution in [1.82, 2.24) is 43.8 Å². The first-order valence-electron chi connectivity index (χ1n) is 24.7. The number of hydrogen-bond acceptors (Lipinski definition) is 15. The molecule has 0 bridgehead atoms. The second-order valence-corrected chi connectivity index (χ2v) is 18.0. The van der Waals surface area contributed by atoms with Crippen molar-refractivity contribution in [3.8, 4) is 67.9 Å². The third-order valence-electron chi connectivity index (χ3n) is 12.8. The zero-order valence-electron chi connectivity index (χ0n) is 45.7. The van der Waals surface area contributed by atoms with Gasteiger partial charge in [-0.3, -0.25) is 0 Å². The van der Waals surface area contributed by atoms with Crippen LogP contribution in [0.3, 0.4) is 0 Å². The molecular weight excluding hydrogens is 992 g/mol. The molecule has 9 rings (SSSR count). The standard InChI is InChI=1S/C20H25FN4O2.C20H26N4O3.C16H16ClN3O2/c1-6-24(10-9-21)18-11-13(2)22-20-19(14(3)23-25(18)20)16-8-7-15(26-4)12-17(16)27-5;1-6-23(9-10-25)18-11-13(2)21-20-19(14(3)22-24(18)20)16-8-7-15(26-4)12-17(16)27-5;1-9-7-14(17)20-16(18-9)15(10(2)19-20)12-6-5-11(21-3)8-13(12)22-4/h7-8,11-12H,6,9-10H2,1-5H3;7-8,11-12,25H,6,9-10H2,1-5H3;5-8H,1-4H3/i21-1;;. The number of benzene rings is 3. The molecule has 0 amide bonds. The minimum absolute atomic E-state index is 0.0795. The van der Waals surface area contributed by atoms with Gasteiger partial charge in [0.2, 0.25) is 0 Å². The van der Waals surface area contributed by atoms with Crippen molar-refractivity contribution in [2.45, 2.75) is 55.4 Å². The Morgan fingerprint density at radius 2 is 0.829 bits per heavy atom. The zero-order valence-corrected chi connectivity index (χ0v) is 46.5. The molecule has 18 nitrogen and oxygen atoms in total. The quantitative estimate of drug-likeness (QED) is 0.0853. The van der Waals surface area contributed by atoms with Crippen LogP contribution in [0.25, 0.3) is 50.3 Å². The molecule has 0 saturated heterocycles. The number of nitrogens with zero attached hydrogens (tertiary/aromatic N) is 11. The molecule has 0 aliphatic rings. The number of aliphatic hydroxyl groups is 1. The molecule has 0 fully saturated rings. The highest BCUT2D eigenvalue weighted by Crippen LogP contribution is 2.41. The highest BCUT2D eigenvalue weighted by atomic mass is 35.5. The molecule has 0 unspecified atom stereocenters. The highest BCUT2D eigenvalue weighted by Gasteiger charge is 2.24. The van der Waals surface area contributed by atoms with E-state index in [0.29, 0.717) is 47.7 Å². The van der Waals surface area contributed by atoms with Crippen LogP contribution in [0.15, 0.2) is 72.8 Å². The first-order valence-corrected chi connectivity index (χ1v) is 25.1. The molecule has 1 N–H and O–H groups in total. The summed E-state index contributed by atoms with van der Waals surface area (Å²) in [6.45, 7) is 17.7. The Bertz CT molecular complexity index is 3330. The first kappa shape index (κ1) is 55.8. The van der Waals surface area contributed by atoms with E-state index in [1.807, 2.05) is 125 Å². The predicted octanol–water partition coefficient (Wildman–Crippen LogP) is 10.4. The Hall–Kier alpha value is -7.90. The lowest BCUT2D eigenvalue weighted by atomic mass is 10.0. The third kappa shape index (κ3) is 11.4. The van der Waals surface area contributed by atoms with Gasteiger partial charge in [0.15, 0.2) is 16.9 Å². The SMILES string of the molecule is CCN(CCO)c1cc(C)nc2c(-c3ccc(OC)cc3OC)c(C)nn12.CCN(CC[18F])c1cc(C)nc2c(-c3ccc(OC)cc3OC)c(C)nn12.COc1ccc(-c2c(C)nn3c(Cl)cc(C)nc23)c(OC)c1. The number of anilines is 2. The van der Waals surface area contributed by atoms with E-state index in [1.165, 1.54) is 0 Å². The van der Waals surface area contributed by atoms with Crippen LogP contribution in [0.1, 0.15) is 48.0 Å². The van der Waals surface area contributed by atoms with E-state index in [0.717, 1.165) is 114 Å². The van der Waals surface area contributed by atoms with Crippen LogP contribution in [-0.2, 0) is 0 Å². The number of fused-ring (bicyclic) bond motifs is 3. The summed E-state index contributed by atoms with van der Waals surface area (Å²) < 4.78 is 50.8. The van der Waals surface area contributed by atoms with Gasteiger partial charge < -0.3 is 43.3 Å². The number of rotatable bonds is 17. The Labute approximate surface area is 447 Å². The fourth-order valence-corrected chi connectivity index (χ4v) is 9.43. The minimum atomic E-state index is -0.421. The van der Waals surface area contributed by atoms with E-state index in [9.17, 15) is 9.50 Å². The topological polar surface area (TPSA) is 173 Å². The average Bonchev–Trinajstić information content (AvgIpc) is 4.08. The molecule has 6 heterocycles. The Kier molecular flexibility index (Phi) is 18.1. The molecule has 3 aromatic carbocycles. The van der Waals surface area contributed by atoms with E-state index in [2.05, 4.69) is 21.9 Å². The van der Waals surface area contributed by atoms with Crippen molar-refractivity contribution >= 4 is 40.2 Å².